The molecule has 0 aliphatic heterocycles. The molecule has 0 aromatic carbocycles. The summed E-state index contributed by atoms with van der Waals surface area (Å²) >= 11 is 0. The molecule has 0 unspecified atom stereocenters. The van der Waals surface area contributed by atoms with Gasteiger partial charge < -0.3 is 28.7 Å². The van der Waals surface area contributed by atoms with Crippen LogP contribution in [-0.2, 0) is 24.9 Å². The van der Waals surface area contributed by atoms with E-state index in [1.165, 1.54) is 0 Å². The molecule has 1 aromatic heterocycles. The molecular weight excluding hydrogens is 329 g/mol. The number of nitrogens with zero attached hydrogens (tertiary/aromatic N) is 3. The van der Waals surface area contributed by atoms with Crippen molar-refractivity contribution < 1.29 is 33.3 Å². The molecule has 0 N–H and O–H groups in total. The number of imidazole rings is 1. The number of aryl methyl sites for hydroxylation is 1. The number of halogens is 1. The Morgan fingerprint density at radius 1 is 1.53 bits per heavy atom. The first-order valence-corrected chi connectivity index (χ1v) is 5.53. The van der Waals surface area contributed by atoms with Crippen molar-refractivity contribution in [1.29, 1.82) is 5.26 Å². The second kappa shape index (κ2) is 6.97. The van der Waals surface area contributed by atoms with Crippen LogP contribution in [0.15, 0.2) is 12.5 Å². The molecule has 0 bridgehead atoms. The summed E-state index contributed by atoms with van der Waals surface area (Å²) in [5.41, 5.74) is 0.865. The van der Waals surface area contributed by atoms with E-state index in [0.717, 1.165) is 12.1 Å². The van der Waals surface area contributed by atoms with Crippen LogP contribution in [0.2, 0.25) is 0 Å². The van der Waals surface area contributed by atoms with Crippen LogP contribution in [0.1, 0.15) is 32.9 Å². The van der Waals surface area contributed by atoms with Gasteiger partial charge >= 0.3 is 0 Å². The normalized spacial score (nSPS) is 10.8. The third kappa shape index (κ3) is 5.04. The van der Waals surface area contributed by atoms with Gasteiger partial charge in [0.15, 0.2) is 12.4 Å². The highest BCUT2D eigenvalue weighted by atomic mass is 127. The van der Waals surface area contributed by atoms with E-state index in [1.807, 2.05) is 28.7 Å². The fraction of sp³-hybridized carbons (Fsp3) is 0.667. The van der Waals surface area contributed by atoms with Gasteiger partial charge in [-0.2, -0.15) is 5.26 Å². The van der Waals surface area contributed by atoms with Crippen LogP contribution in [-0.4, -0.2) is 10.2 Å². The molecule has 0 saturated heterocycles. The van der Waals surface area contributed by atoms with E-state index in [1.54, 1.807) is 0 Å². The van der Waals surface area contributed by atoms with Crippen LogP contribution in [0.3, 0.4) is 0 Å². The standard InChI is InChI=1S/C12H20N3O.HI/c1-5-12(2,3)16-10-15-9-14(4)8-11(15)6-7-13;/h8-9H,5-6,10H2,1-4H3;1H/q+1;/p-1. The molecule has 0 radical (unpaired) electrons. The van der Waals surface area contributed by atoms with Gasteiger partial charge in [-0.3, -0.25) is 0 Å². The van der Waals surface area contributed by atoms with Crippen LogP contribution < -0.4 is 28.5 Å². The summed E-state index contributed by atoms with van der Waals surface area (Å²) in [7, 11) is 1.95. The predicted octanol–water partition coefficient (Wildman–Crippen LogP) is -1.45. The summed E-state index contributed by atoms with van der Waals surface area (Å²) in [5, 5.41) is 8.71. The van der Waals surface area contributed by atoms with E-state index >= 15 is 0 Å². The Hall–Kier alpha value is -0.610. The first kappa shape index (κ1) is 16.4. The van der Waals surface area contributed by atoms with Gasteiger partial charge in [0, 0.05) is 0 Å². The Kier molecular flexibility index (Phi) is 6.72. The Morgan fingerprint density at radius 3 is 2.71 bits per heavy atom. The molecule has 17 heavy (non-hydrogen) atoms. The minimum atomic E-state index is -0.118. The van der Waals surface area contributed by atoms with Crippen LogP contribution in [0.25, 0.3) is 0 Å². The maximum atomic E-state index is 8.71. The second-order valence-electron chi connectivity index (χ2n) is 4.59. The second-order valence-corrected chi connectivity index (χ2v) is 4.59. The summed E-state index contributed by atoms with van der Waals surface area (Å²) in [5.74, 6) is 0. The van der Waals surface area contributed by atoms with Gasteiger partial charge in [-0.25, -0.2) is 9.13 Å². The minimum absolute atomic E-state index is 0. The zero-order chi connectivity index (χ0) is 12.2. The average Bonchev–Trinajstić information content (AvgIpc) is 2.57. The van der Waals surface area contributed by atoms with Crippen molar-refractivity contribution in [3.05, 3.63) is 18.2 Å². The van der Waals surface area contributed by atoms with Crippen LogP contribution >= 0.6 is 0 Å². The van der Waals surface area contributed by atoms with Crippen LogP contribution in [0.4, 0.5) is 0 Å². The molecule has 0 aliphatic rings. The van der Waals surface area contributed by atoms with Crippen molar-refractivity contribution in [1.82, 2.24) is 4.57 Å². The summed E-state index contributed by atoms with van der Waals surface area (Å²) in [6, 6.07) is 2.16. The molecule has 0 fully saturated rings. The number of nitriles is 1. The van der Waals surface area contributed by atoms with E-state index < -0.39 is 0 Å². The zero-order valence-corrected chi connectivity index (χ0v) is 13.1. The minimum Gasteiger partial charge on any atom is -1.00 e. The van der Waals surface area contributed by atoms with E-state index in [2.05, 4.69) is 26.8 Å². The lowest BCUT2D eigenvalue weighted by atomic mass is 10.1. The highest BCUT2D eigenvalue weighted by Gasteiger charge is 2.18. The van der Waals surface area contributed by atoms with Crippen molar-refractivity contribution in [2.24, 2.45) is 7.05 Å². The van der Waals surface area contributed by atoms with Crippen molar-refractivity contribution in [2.75, 3.05) is 0 Å². The number of rotatable bonds is 5. The maximum absolute atomic E-state index is 8.71. The zero-order valence-electron chi connectivity index (χ0n) is 10.9. The number of ether oxygens (including phenoxy) is 1. The lowest BCUT2D eigenvalue weighted by Gasteiger charge is -2.22. The first-order valence-electron chi connectivity index (χ1n) is 5.53. The van der Waals surface area contributed by atoms with E-state index in [4.69, 9.17) is 10.00 Å². The van der Waals surface area contributed by atoms with Gasteiger partial charge in [-0.1, -0.05) is 6.92 Å². The fourth-order valence-corrected chi connectivity index (χ4v) is 1.33. The lowest BCUT2D eigenvalue weighted by Crippen LogP contribution is -3.00. The maximum Gasteiger partial charge on any atom is 0.245 e. The molecule has 5 heteroatoms. The third-order valence-electron chi connectivity index (χ3n) is 2.75. The van der Waals surface area contributed by atoms with Crippen LogP contribution in [0.5, 0.6) is 0 Å². The Labute approximate surface area is 120 Å². The Morgan fingerprint density at radius 2 is 2.18 bits per heavy atom. The first-order chi connectivity index (χ1) is 7.48. The smallest absolute Gasteiger partial charge is 0.245 e. The Bertz CT molecular complexity index is 393. The van der Waals surface area contributed by atoms with Crippen molar-refractivity contribution in [2.45, 2.75) is 45.9 Å². The summed E-state index contributed by atoms with van der Waals surface area (Å²) in [6.45, 7) is 6.74. The number of aromatic nitrogens is 2. The molecule has 0 atom stereocenters. The quantitative estimate of drug-likeness (QED) is 0.482. The average molecular weight is 349 g/mol. The summed E-state index contributed by atoms with van der Waals surface area (Å²) in [6.07, 6.45) is 5.27. The lowest BCUT2D eigenvalue weighted by molar-refractivity contribution is -0.671. The molecule has 1 rings (SSSR count). The molecule has 0 amide bonds. The SMILES string of the molecule is CCC(C)(C)OCn1c[n+](C)cc1CC#N.[I-]. The van der Waals surface area contributed by atoms with E-state index in [0.29, 0.717) is 13.2 Å². The highest BCUT2D eigenvalue weighted by Crippen LogP contribution is 2.14. The Balaban J connectivity index is 0.00000256. The van der Waals surface area contributed by atoms with Crippen molar-refractivity contribution in [3.63, 3.8) is 0 Å². The predicted molar refractivity (Wildman–Crippen MR) is 60.4 cm³/mol. The van der Waals surface area contributed by atoms with Gasteiger partial charge in [-0.05, 0) is 20.3 Å². The van der Waals surface area contributed by atoms with Crippen molar-refractivity contribution >= 4 is 0 Å². The molecule has 0 aliphatic carbocycles. The molecular formula is C12H20IN3O. The molecule has 96 valence electrons. The molecule has 4 nitrogen and oxygen atoms in total. The van der Waals surface area contributed by atoms with Gasteiger partial charge in [0.25, 0.3) is 0 Å². The van der Waals surface area contributed by atoms with Crippen LogP contribution in [0, 0.1) is 11.3 Å². The van der Waals surface area contributed by atoms with Gasteiger partial charge in [0.05, 0.1) is 18.7 Å². The fourth-order valence-electron chi connectivity index (χ4n) is 1.33. The molecule has 0 saturated carbocycles. The monoisotopic (exact) mass is 349 g/mol. The van der Waals surface area contributed by atoms with Gasteiger partial charge in [0.2, 0.25) is 6.33 Å². The van der Waals surface area contributed by atoms with Gasteiger partial charge in [0.1, 0.15) is 12.6 Å². The number of hydrogen-bond acceptors (Lipinski definition) is 2. The largest absolute Gasteiger partial charge is 1.00 e. The number of hydrogen-bond donors (Lipinski definition) is 0. The molecule has 1 heterocycles. The van der Waals surface area contributed by atoms with Gasteiger partial charge in [-0.15, -0.1) is 0 Å². The molecule has 1 aromatic rings. The van der Waals surface area contributed by atoms with E-state index in [9.17, 15) is 0 Å². The van der Waals surface area contributed by atoms with E-state index in [-0.39, 0.29) is 29.6 Å². The highest BCUT2D eigenvalue weighted by molar-refractivity contribution is 5.01. The summed E-state index contributed by atoms with van der Waals surface area (Å²) < 4.78 is 9.72. The summed E-state index contributed by atoms with van der Waals surface area (Å²) in [4.78, 5) is 0. The third-order valence-corrected chi connectivity index (χ3v) is 2.75. The topological polar surface area (TPSA) is 41.8 Å². The molecule has 0 spiro atoms. The van der Waals surface area contributed by atoms with Crippen molar-refractivity contribution in [3.8, 4) is 6.07 Å².